The highest BCUT2D eigenvalue weighted by Crippen LogP contribution is 2.01. The summed E-state index contributed by atoms with van der Waals surface area (Å²) in [6.45, 7) is 0. The van der Waals surface area contributed by atoms with Gasteiger partial charge in [0, 0.05) is 6.07 Å². The molecule has 1 rings (SSSR count). The van der Waals surface area contributed by atoms with Crippen LogP contribution in [0.15, 0.2) is 29.0 Å². The van der Waals surface area contributed by atoms with Gasteiger partial charge in [0.05, 0.1) is 4.47 Å². The number of hydrogen-bond donors (Lipinski definition) is 0. The van der Waals surface area contributed by atoms with Crippen molar-refractivity contribution in [2.75, 3.05) is 0 Å². The number of nitrogens with zero attached hydrogens (tertiary/aromatic N) is 1. The number of hydrogen-bond acceptors (Lipinski definition) is 0. The molecule has 0 N–H and O–H groups in total. The van der Waals surface area contributed by atoms with E-state index >= 15 is 0 Å². The molecule has 0 atom stereocenters. The van der Waals surface area contributed by atoms with Gasteiger partial charge >= 0.3 is 0 Å². The van der Waals surface area contributed by atoms with Gasteiger partial charge in [-0.3, -0.25) is 0 Å². The summed E-state index contributed by atoms with van der Waals surface area (Å²) in [5, 5.41) is 0. The Morgan fingerprint density at radius 2 is 2.38 bits per heavy atom. The number of aryl methyl sites for hydroxylation is 1. The van der Waals surface area contributed by atoms with Crippen molar-refractivity contribution in [1.29, 1.82) is 0 Å². The molecule has 0 radical (unpaired) electrons. The molecule has 0 spiro atoms. The molecular formula is C6H7BrN+. The van der Waals surface area contributed by atoms with Crippen LogP contribution < -0.4 is 4.57 Å². The fraction of sp³-hybridized carbons (Fsp3) is 0.167. The van der Waals surface area contributed by atoms with Crippen molar-refractivity contribution in [3.05, 3.63) is 29.0 Å². The molecule has 2 heteroatoms. The molecule has 0 aliphatic rings. The number of pyridine rings is 1. The Labute approximate surface area is 57.1 Å². The Bertz CT molecular complexity index is 168. The van der Waals surface area contributed by atoms with E-state index in [1.807, 2.05) is 36.1 Å². The largest absolute Gasteiger partial charge is 0.207 e. The van der Waals surface area contributed by atoms with Gasteiger partial charge in [-0.25, -0.2) is 4.57 Å². The van der Waals surface area contributed by atoms with Crippen LogP contribution in [0.5, 0.6) is 0 Å². The third kappa shape index (κ3) is 1.30. The molecule has 0 saturated carbocycles. The van der Waals surface area contributed by atoms with E-state index < -0.39 is 0 Å². The van der Waals surface area contributed by atoms with Crippen molar-refractivity contribution in [1.82, 2.24) is 0 Å². The van der Waals surface area contributed by atoms with Crippen LogP contribution in [-0.2, 0) is 7.05 Å². The van der Waals surface area contributed by atoms with Crippen molar-refractivity contribution in [2.24, 2.45) is 7.05 Å². The Morgan fingerprint density at radius 3 is 2.75 bits per heavy atom. The van der Waals surface area contributed by atoms with E-state index in [0.717, 1.165) is 4.47 Å². The fourth-order valence-electron chi connectivity index (χ4n) is 0.551. The van der Waals surface area contributed by atoms with E-state index in [1.54, 1.807) is 0 Å². The van der Waals surface area contributed by atoms with Gasteiger partial charge in [-0.15, -0.1) is 0 Å². The molecule has 1 aromatic heterocycles. The molecule has 0 aliphatic carbocycles. The predicted molar refractivity (Wildman–Crippen MR) is 35.3 cm³/mol. The lowest BCUT2D eigenvalue weighted by atomic mass is 10.5. The van der Waals surface area contributed by atoms with Crippen LogP contribution in [0.2, 0.25) is 0 Å². The van der Waals surface area contributed by atoms with Crippen molar-refractivity contribution in [3.63, 3.8) is 0 Å². The van der Waals surface area contributed by atoms with Gasteiger partial charge in [0.25, 0.3) is 0 Å². The lowest BCUT2D eigenvalue weighted by Gasteiger charge is -1.83. The Balaban J connectivity index is 3.08. The molecule has 0 unspecified atom stereocenters. The van der Waals surface area contributed by atoms with Crippen molar-refractivity contribution < 1.29 is 4.57 Å². The number of aromatic nitrogens is 1. The summed E-state index contributed by atoms with van der Waals surface area (Å²) in [5.41, 5.74) is 0. The second-order valence-corrected chi connectivity index (χ2v) is 2.60. The van der Waals surface area contributed by atoms with E-state index in [9.17, 15) is 0 Å². The van der Waals surface area contributed by atoms with E-state index in [2.05, 4.69) is 15.9 Å². The Morgan fingerprint density at radius 1 is 1.62 bits per heavy atom. The molecule has 0 aromatic carbocycles. The van der Waals surface area contributed by atoms with Crippen LogP contribution in [0.1, 0.15) is 0 Å². The maximum atomic E-state index is 3.34. The van der Waals surface area contributed by atoms with E-state index in [1.165, 1.54) is 0 Å². The van der Waals surface area contributed by atoms with Gasteiger partial charge in [0.1, 0.15) is 7.05 Å². The molecule has 0 aliphatic heterocycles. The molecule has 1 aromatic rings. The molecule has 0 bridgehead atoms. The van der Waals surface area contributed by atoms with Gasteiger partial charge in [0.15, 0.2) is 12.4 Å². The summed E-state index contributed by atoms with van der Waals surface area (Å²) < 4.78 is 3.10. The van der Waals surface area contributed by atoms with Gasteiger partial charge in [0.2, 0.25) is 0 Å². The molecular weight excluding hydrogens is 166 g/mol. The minimum Gasteiger partial charge on any atom is -0.207 e. The molecule has 8 heavy (non-hydrogen) atoms. The maximum absolute atomic E-state index is 3.34. The van der Waals surface area contributed by atoms with Gasteiger partial charge in [-0.05, 0) is 22.0 Å². The average Bonchev–Trinajstić information content (AvgIpc) is 1.64. The molecule has 0 amide bonds. The fourth-order valence-corrected chi connectivity index (χ4v) is 1.03. The minimum absolute atomic E-state index is 1.11. The van der Waals surface area contributed by atoms with Crippen LogP contribution in [0.4, 0.5) is 0 Å². The normalized spacial score (nSPS) is 9.25. The lowest BCUT2D eigenvalue weighted by molar-refractivity contribution is -0.672. The van der Waals surface area contributed by atoms with Crippen LogP contribution in [0.3, 0.4) is 0 Å². The third-order valence-electron chi connectivity index (χ3n) is 0.904. The SMILES string of the molecule is C[n+]1cccc(Br)c1. The highest BCUT2D eigenvalue weighted by atomic mass is 79.9. The summed E-state index contributed by atoms with van der Waals surface area (Å²) in [7, 11) is 1.99. The average molecular weight is 173 g/mol. The monoisotopic (exact) mass is 172 g/mol. The maximum Gasteiger partial charge on any atom is 0.182 e. The first-order valence-corrected chi connectivity index (χ1v) is 3.19. The van der Waals surface area contributed by atoms with Crippen LogP contribution in [0, 0.1) is 0 Å². The summed E-state index contributed by atoms with van der Waals surface area (Å²) in [4.78, 5) is 0. The predicted octanol–water partition coefficient (Wildman–Crippen LogP) is 1.27. The second kappa shape index (κ2) is 2.27. The standard InChI is InChI=1S/C6H7BrN/c1-8-4-2-3-6(7)5-8/h2-5H,1H3/q+1. The number of rotatable bonds is 0. The topological polar surface area (TPSA) is 3.88 Å². The van der Waals surface area contributed by atoms with Crippen molar-refractivity contribution in [3.8, 4) is 0 Å². The first kappa shape index (κ1) is 5.76. The zero-order chi connectivity index (χ0) is 5.98. The summed E-state index contributed by atoms with van der Waals surface area (Å²) in [6, 6.07) is 3.99. The van der Waals surface area contributed by atoms with E-state index in [-0.39, 0.29) is 0 Å². The second-order valence-electron chi connectivity index (χ2n) is 1.69. The molecule has 1 nitrogen and oxygen atoms in total. The number of halogens is 1. The molecule has 0 saturated heterocycles. The Kier molecular flexibility index (Phi) is 1.63. The van der Waals surface area contributed by atoms with Crippen LogP contribution in [-0.4, -0.2) is 0 Å². The van der Waals surface area contributed by atoms with E-state index in [0.29, 0.717) is 0 Å². The van der Waals surface area contributed by atoms with Gasteiger partial charge < -0.3 is 0 Å². The smallest absolute Gasteiger partial charge is 0.182 e. The molecule has 42 valence electrons. The van der Waals surface area contributed by atoms with Crippen molar-refractivity contribution >= 4 is 15.9 Å². The highest BCUT2D eigenvalue weighted by molar-refractivity contribution is 9.10. The molecule has 0 fully saturated rings. The zero-order valence-electron chi connectivity index (χ0n) is 4.63. The summed E-state index contributed by atoms with van der Waals surface area (Å²) >= 11 is 3.34. The quantitative estimate of drug-likeness (QED) is 0.520. The zero-order valence-corrected chi connectivity index (χ0v) is 6.22. The molecule has 1 heterocycles. The van der Waals surface area contributed by atoms with Crippen LogP contribution in [0.25, 0.3) is 0 Å². The van der Waals surface area contributed by atoms with Gasteiger partial charge in [-0.2, -0.15) is 0 Å². The van der Waals surface area contributed by atoms with Crippen molar-refractivity contribution in [2.45, 2.75) is 0 Å². The van der Waals surface area contributed by atoms with Gasteiger partial charge in [-0.1, -0.05) is 0 Å². The first-order valence-electron chi connectivity index (χ1n) is 2.40. The van der Waals surface area contributed by atoms with Crippen LogP contribution >= 0.6 is 15.9 Å². The van der Waals surface area contributed by atoms with E-state index in [4.69, 9.17) is 0 Å². The Hall–Kier alpha value is -0.370. The minimum atomic E-state index is 1.11. The third-order valence-corrected chi connectivity index (χ3v) is 1.37. The first-order chi connectivity index (χ1) is 3.79. The lowest BCUT2D eigenvalue weighted by Crippen LogP contribution is -2.25. The summed E-state index contributed by atoms with van der Waals surface area (Å²) in [5.74, 6) is 0. The summed E-state index contributed by atoms with van der Waals surface area (Å²) in [6.07, 6.45) is 3.99. The highest BCUT2D eigenvalue weighted by Gasteiger charge is 1.89.